The highest BCUT2D eigenvalue weighted by Gasteiger charge is 2.77. The Morgan fingerprint density at radius 2 is 1.76 bits per heavy atom. The van der Waals surface area contributed by atoms with Crippen molar-refractivity contribution in [3.05, 3.63) is 35.9 Å². The Balaban J connectivity index is 1.33. The van der Waals surface area contributed by atoms with Crippen molar-refractivity contribution in [1.29, 1.82) is 0 Å². The van der Waals surface area contributed by atoms with Gasteiger partial charge in [-0.1, -0.05) is 44.2 Å². The molecule has 0 aromatic heterocycles. The van der Waals surface area contributed by atoms with E-state index in [2.05, 4.69) is 13.8 Å². The second kappa shape index (κ2) is 5.64. The standard InChI is InChI=1S/C22H28BNO5/c1-22(2)16-9-8-15(17(22)10-16)11-24-12-18(25)28-23(24,29-19(26)13-24)21-20(27-21)14-6-4-3-5-7-14/h3-7,15-17,20-21H,8-13H2,1-2H3. The molecule has 1 aromatic rings. The molecule has 0 radical (unpaired) electrons. The molecule has 6 nitrogen and oxygen atoms in total. The Morgan fingerprint density at radius 1 is 1.07 bits per heavy atom. The van der Waals surface area contributed by atoms with Gasteiger partial charge in [0.2, 0.25) is 0 Å². The zero-order valence-electron chi connectivity index (χ0n) is 17.1. The summed E-state index contributed by atoms with van der Waals surface area (Å²) in [5.41, 5.74) is 1.40. The lowest BCUT2D eigenvalue weighted by atomic mass is 9.45. The number of hydrogen-bond donors (Lipinski definition) is 0. The molecule has 7 heteroatoms. The first-order chi connectivity index (χ1) is 13.8. The van der Waals surface area contributed by atoms with E-state index in [4.69, 9.17) is 14.0 Å². The number of nitrogens with zero attached hydrogens (tertiary/aromatic N) is 1. The Morgan fingerprint density at radius 3 is 2.38 bits per heavy atom. The van der Waals surface area contributed by atoms with Crippen LogP contribution in [0.2, 0.25) is 0 Å². The van der Waals surface area contributed by atoms with Gasteiger partial charge in [-0.3, -0.25) is 9.59 Å². The van der Waals surface area contributed by atoms with Crippen molar-refractivity contribution in [2.24, 2.45) is 23.2 Å². The molecule has 3 heterocycles. The molecule has 3 saturated heterocycles. The first kappa shape index (κ1) is 18.0. The third kappa shape index (κ3) is 2.31. The quantitative estimate of drug-likeness (QED) is 0.577. The van der Waals surface area contributed by atoms with Gasteiger partial charge in [0.25, 0.3) is 0 Å². The van der Waals surface area contributed by atoms with Gasteiger partial charge in [-0.25, -0.2) is 0 Å². The summed E-state index contributed by atoms with van der Waals surface area (Å²) in [6.07, 6.45) is 3.50. The molecule has 6 aliphatic rings. The summed E-state index contributed by atoms with van der Waals surface area (Å²) in [7, 11) is 0. The first-order valence-electron chi connectivity index (χ1n) is 11.0. The maximum absolute atomic E-state index is 12.5. The Bertz CT molecular complexity index is 864. The zero-order valence-corrected chi connectivity index (χ0v) is 17.1. The molecular formula is C22H28BNO5. The van der Waals surface area contributed by atoms with Crippen LogP contribution < -0.4 is 0 Å². The highest BCUT2D eigenvalue weighted by atomic mass is 16.7. The number of quaternary nitrogens is 1. The van der Waals surface area contributed by atoms with E-state index in [1.165, 1.54) is 19.3 Å². The number of fused-ring (bicyclic) bond motifs is 3. The predicted molar refractivity (Wildman–Crippen MR) is 105 cm³/mol. The van der Waals surface area contributed by atoms with Crippen molar-refractivity contribution in [3.8, 4) is 0 Å². The fourth-order valence-corrected chi connectivity index (χ4v) is 7.25. The molecule has 3 saturated carbocycles. The predicted octanol–water partition coefficient (Wildman–Crippen LogP) is 2.61. The summed E-state index contributed by atoms with van der Waals surface area (Å²) in [6.45, 7) is 3.81. The molecule has 3 aliphatic heterocycles. The van der Waals surface area contributed by atoms with Gasteiger partial charge in [0.15, 0.2) is 0 Å². The molecule has 3 aliphatic carbocycles. The Hall–Kier alpha value is -1.86. The van der Waals surface area contributed by atoms with Crippen LogP contribution in [0.3, 0.4) is 0 Å². The van der Waals surface area contributed by atoms with Crippen molar-refractivity contribution in [2.75, 3.05) is 19.6 Å². The highest BCUT2D eigenvalue weighted by molar-refractivity contribution is 6.68. The van der Waals surface area contributed by atoms with Crippen LogP contribution in [0.15, 0.2) is 30.3 Å². The van der Waals surface area contributed by atoms with Gasteiger partial charge in [0.1, 0.15) is 19.1 Å². The second-order valence-electron chi connectivity index (χ2n) is 10.6. The summed E-state index contributed by atoms with van der Waals surface area (Å²) in [4.78, 5) is 25.1. The molecule has 0 spiro atoms. The van der Waals surface area contributed by atoms with E-state index < -0.39 is 6.69 Å². The van der Waals surface area contributed by atoms with Gasteiger partial charge in [0, 0.05) is 12.5 Å². The number of carbonyl (C=O) groups excluding carboxylic acids is 2. The third-order valence-corrected chi connectivity index (χ3v) is 8.92. The number of benzene rings is 1. The molecule has 0 N–H and O–H groups in total. The van der Waals surface area contributed by atoms with Gasteiger partial charge >= 0.3 is 18.6 Å². The fourth-order valence-electron chi connectivity index (χ4n) is 7.25. The summed E-state index contributed by atoms with van der Waals surface area (Å²) in [6, 6.07) is 9.56. The van der Waals surface area contributed by atoms with Crippen molar-refractivity contribution >= 4 is 18.6 Å². The number of hydrogen-bond acceptors (Lipinski definition) is 5. The first-order valence-corrected chi connectivity index (χ1v) is 11.0. The van der Waals surface area contributed by atoms with Crippen LogP contribution in [0.25, 0.3) is 0 Å². The van der Waals surface area contributed by atoms with Crippen LogP contribution >= 0.6 is 0 Å². The second-order valence-corrected chi connectivity index (χ2v) is 10.6. The molecule has 5 atom stereocenters. The van der Waals surface area contributed by atoms with Crippen LogP contribution in [0, 0.1) is 23.2 Å². The van der Waals surface area contributed by atoms with Crippen LogP contribution in [0.5, 0.6) is 0 Å². The smallest absolute Gasteiger partial charge is 0.598 e. The lowest BCUT2D eigenvalue weighted by molar-refractivity contribution is -0.821. The van der Waals surface area contributed by atoms with Gasteiger partial charge in [0.05, 0.1) is 6.10 Å². The van der Waals surface area contributed by atoms with Crippen molar-refractivity contribution in [1.82, 2.24) is 0 Å². The average molecular weight is 397 g/mol. The molecule has 29 heavy (non-hydrogen) atoms. The van der Waals surface area contributed by atoms with Gasteiger partial charge in [-0.2, -0.15) is 0 Å². The van der Waals surface area contributed by atoms with Crippen LogP contribution in [0.1, 0.15) is 44.8 Å². The molecule has 2 bridgehead atoms. The molecule has 5 unspecified atom stereocenters. The Kier molecular flexibility index (Phi) is 3.49. The van der Waals surface area contributed by atoms with Crippen LogP contribution in [-0.4, -0.2) is 48.7 Å². The summed E-state index contributed by atoms with van der Waals surface area (Å²) < 4.78 is 18.1. The molecule has 6 fully saturated rings. The normalized spacial score (nSPS) is 46.5. The zero-order chi connectivity index (χ0) is 20.0. The number of epoxide rings is 1. The number of ether oxygens (including phenoxy) is 1. The Labute approximate surface area is 171 Å². The van der Waals surface area contributed by atoms with Gasteiger partial charge in [-0.15, -0.1) is 0 Å². The molecule has 0 amide bonds. The van der Waals surface area contributed by atoms with Gasteiger partial charge in [-0.05, 0) is 42.1 Å². The molecule has 154 valence electrons. The van der Waals surface area contributed by atoms with Crippen LogP contribution in [0.4, 0.5) is 0 Å². The fraction of sp³-hybridized carbons (Fsp3) is 0.636. The molecular weight excluding hydrogens is 369 g/mol. The van der Waals surface area contributed by atoms with Gasteiger partial charge < -0.3 is 18.4 Å². The van der Waals surface area contributed by atoms with E-state index >= 15 is 0 Å². The van der Waals surface area contributed by atoms with E-state index in [1.54, 1.807) is 0 Å². The maximum atomic E-state index is 12.5. The minimum atomic E-state index is -2.17. The van der Waals surface area contributed by atoms with E-state index in [1.807, 2.05) is 30.3 Å². The summed E-state index contributed by atoms with van der Waals surface area (Å²) in [5, 5.41) is 0. The molecule has 7 rings (SSSR count). The van der Waals surface area contributed by atoms with E-state index in [0.29, 0.717) is 21.6 Å². The van der Waals surface area contributed by atoms with E-state index in [0.717, 1.165) is 18.0 Å². The monoisotopic (exact) mass is 397 g/mol. The maximum Gasteiger partial charge on any atom is 0.615 e. The SMILES string of the molecule is CC1(C)C2CCC(C[N+]34CC(=O)O[B-]3(C3OC3c3ccccc3)OC(=O)C4)C1C2. The van der Waals surface area contributed by atoms with E-state index in [-0.39, 0.29) is 37.1 Å². The van der Waals surface area contributed by atoms with Crippen molar-refractivity contribution in [3.63, 3.8) is 0 Å². The van der Waals surface area contributed by atoms with Crippen LogP contribution in [-0.2, 0) is 23.6 Å². The number of rotatable bonds is 4. The van der Waals surface area contributed by atoms with E-state index in [9.17, 15) is 9.59 Å². The van der Waals surface area contributed by atoms with Crippen molar-refractivity contribution < 1.29 is 28.0 Å². The average Bonchev–Trinajstić information content (AvgIpc) is 3.38. The lowest BCUT2D eigenvalue weighted by Gasteiger charge is -2.61. The summed E-state index contributed by atoms with van der Waals surface area (Å²) >= 11 is 0. The van der Waals surface area contributed by atoms with Crippen molar-refractivity contribution in [2.45, 2.75) is 45.2 Å². The summed E-state index contributed by atoms with van der Waals surface area (Å²) in [5.74, 6) is 1.44. The largest absolute Gasteiger partial charge is 0.615 e. The minimum Gasteiger partial charge on any atom is -0.598 e. The topological polar surface area (TPSA) is 65.1 Å². The highest BCUT2D eigenvalue weighted by Crippen LogP contribution is 2.62. The third-order valence-electron chi connectivity index (χ3n) is 8.92. The minimum absolute atomic E-state index is 0.179. The lowest BCUT2D eigenvalue weighted by Crippen LogP contribution is -2.69. The number of carbonyl (C=O) groups is 2. The molecule has 1 aromatic carbocycles.